The number of nitrogens with one attached hydrogen (secondary N) is 1. The van der Waals surface area contributed by atoms with Crippen LogP contribution < -0.4 is 10.1 Å². The number of amides is 1. The predicted octanol–water partition coefficient (Wildman–Crippen LogP) is 6.62. The molecule has 3 aromatic carbocycles. The molecule has 0 unspecified atom stereocenters. The van der Waals surface area contributed by atoms with Crippen molar-refractivity contribution < 1.29 is 9.53 Å². The van der Waals surface area contributed by atoms with Crippen LogP contribution in [0.5, 0.6) is 11.6 Å². The first-order valence-electron chi connectivity index (χ1n) is 10.6. The summed E-state index contributed by atoms with van der Waals surface area (Å²) >= 11 is 0. The van der Waals surface area contributed by atoms with Crippen LogP contribution in [0.2, 0.25) is 0 Å². The van der Waals surface area contributed by atoms with Crippen LogP contribution in [0.4, 0.5) is 5.69 Å². The van der Waals surface area contributed by atoms with Gasteiger partial charge >= 0.3 is 0 Å². The van der Waals surface area contributed by atoms with Gasteiger partial charge in [0.05, 0.1) is 0 Å². The SMILES string of the molecule is Cc1ccc(-c2nccc(Oc3cccc(C(=O)Nc4ccc(C(C)C)cc4)c3)n2)cc1. The van der Waals surface area contributed by atoms with Gasteiger partial charge < -0.3 is 10.1 Å². The van der Waals surface area contributed by atoms with E-state index in [1.165, 1.54) is 11.1 Å². The molecule has 0 saturated heterocycles. The van der Waals surface area contributed by atoms with E-state index < -0.39 is 0 Å². The van der Waals surface area contributed by atoms with Crippen molar-refractivity contribution in [3.63, 3.8) is 0 Å². The summed E-state index contributed by atoms with van der Waals surface area (Å²) in [5.41, 5.74) is 4.57. The highest BCUT2D eigenvalue weighted by Crippen LogP contribution is 2.24. The topological polar surface area (TPSA) is 64.1 Å². The van der Waals surface area contributed by atoms with E-state index in [2.05, 4.69) is 29.1 Å². The van der Waals surface area contributed by atoms with Gasteiger partial charge in [0, 0.05) is 29.1 Å². The summed E-state index contributed by atoms with van der Waals surface area (Å²) < 4.78 is 5.92. The molecule has 0 radical (unpaired) electrons. The molecule has 4 rings (SSSR count). The summed E-state index contributed by atoms with van der Waals surface area (Å²) in [5.74, 6) is 1.78. The second kappa shape index (κ2) is 9.43. The highest BCUT2D eigenvalue weighted by molar-refractivity contribution is 6.04. The quantitative estimate of drug-likeness (QED) is 0.378. The minimum Gasteiger partial charge on any atom is -0.439 e. The lowest BCUT2D eigenvalue weighted by Gasteiger charge is -2.10. The van der Waals surface area contributed by atoms with Gasteiger partial charge in [-0.05, 0) is 48.7 Å². The van der Waals surface area contributed by atoms with Crippen molar-refractivity contribution >= 4 is 11.6 Å². The van der Waals surface area contributed by atoms with Crippen molar-refractivity contribution in [1.82, 2.24) is 9.97 Å². The van der Waals surface area contributed by atoms with Crippen LogP contribution in [-0.4, -0.2) is 15.9 Å². The van der Waals surface area contributed by atoms with E-state index in [9.17, 15) is 4.79 Å². The molecule has 1 heterocycles. The highest BCUT2D eigenvalue weighted by atomic mass is 16.5. The zero-order chi connectivity index (χ0) is 22.5. The van der Waals surface area contributed by atoms with Crippen molar-refractivity contribution in [3.05, 3.63) is 102 Å². The van der Waals surface area contributed by atoms with Crippen LogP contribution >= 0.6 is 0 Å². The Hall–Kier alpha value is -3.99. The Balaban J connectivity index is 1.47. The maximum absolute atomic E-state index is 12.7. The van der Waals surface area contributed by atoms with Gasteiger partial charge in [0.2, 0.25) is 5.88 Å². The van der Waals surface area contributed by atoms with Crippen molar-refractivity contribution in [2.45, 2.75) is 26.7 Å². The van der Waals surface area contributed by atoms with Crippen molar-refractivity contribution in [1.29, 1.82) is 0 Å². The van der Waals surface area contributed by atoms with Crippen molar-refractivity contribution in [2.24, 2.45) is 0 Å². The Bertz CT molecular complexity index is 1220. The summed E-state index contributed by atoms with van der Waals surface area (Å²) in [6.45, 7) is 6.31. The molecule has 0 saturated carbocycles. The second-order valence-electron chi connectivity index (χ2n) is 7.95. The molecule has 5 nitrogen and oxygen atoms in total. The lowest BCUT2D eigenvalue weighted by molar-refractivity contribution is 0.102. The molecule has 0 aliphatic heterocycles. The Morgan fingerprint density at radius 3 is 2.41 bits per heavy atom. The summed E-state index contributed by atoms with van der Waals surface area (Å²) in [7, 11) is 0. The van der Waals surface area contributed by atoms with Gasteiger partial charge in [-0.1, -0.05) is 61.9 Å². The number of nitrogens with zero attached hydrogens (tertiary/aromatic N) is 2. The first-order chi connectivity index (χ1) is 15.5. The first kappa shape index (κ1) is 21.2. The molecular formula is C27H25N3O2. The zero-order valence-electron chi connectivity index (χ0n) is 18.4. The number of rotatable bonds is 6. The molecule has 5 heteroatoms. The van der Waals surface area contributed by atoms with Crippen molar-refractivity contribution in [3.8, 4) is 23.0 Å². The monoisotopic (exact) mass is 423 g/mol. The maximum atomic E-state index is 12.7. The molecule has 0 fully saturated rings. The summed E-state index contributed by atoms with van der Waals surface area (Å²) in [5, 5.41) is 2.93. The van der Waals surface area contributed by atoms with E-state index in [0.29, 0.717) is 28.9 Å². The van der Waals surface area contributed by atoms with Crippen molar-refractivity contribution in [2.75, 3.05) is 5.32 Å². The van der Waals surface area contributed by atoms with Gasteiger partial charge in [0.15, 0.2) is 5.82 Å². The van der Waals surface area contributed by atoms with E-state index in [-0.39, 0.29) is 5.91 Å². The Kier molecular flexibility index (Phi) is 6.26. The summed E-state index contributed by atoms with van der Waals surface area (Å²) in [4.78, 5) is 21.5. The molecule has 0 bridgehead atoms. The van der Waals surface area contributed by atoms with Crippen LogP contribution in [-0.2, 0) is 0 Å². The van der Waals surface area contributed by atoms with Crippen LogP contribution in [0, 0.1) is 6.92 Å². The van der Waals surface area contributed by atoms with Gasteiger partial charge in [0.1, 0.15) is 5.75 Å². The number of ether oxygens (including phenoxy) is 1. The average molecular weight is 424 g/mol. The fourth-order valence-corrected chi connectivity index (χ4v) is 3.22. The van der Waals surface area contributed by atoms with E-state index in [4.69, 9.17) is 4.74 Å². The molecule has 0 aliphatic rings. The number of benzene rings is 3. The lowest BCUT2D eigenvalue weighted by Crippen LogP contribution is -2.11. The molecule has 1 amide bonds. The largest absolute Gasteiger partial charge is 0.439 e. The number of carbonyl (C=O) groups is 1. The van der Waals surface area contributed by atoms with E-state index >= 15 is 0 Å². The number of hydrogen-bond donors (Lipinski definition) is 1. The van der Waals surface area contributed by atoms with Gasteiger partial charge in [-0.2, -0.15) is 4.98 Å². The minimum atomic E-state index is -0.198. The number of aryl methyl sites for hydroxylation is 1. The van der Waals surface area contributed by atoms with Gasteiger partial charge in [-0.3, -0.25) is 4.79 Å². The fourth-order valence-electron chi connectivity index (χ4n) is 3.22. The molecule has 0 atom stereocenters. The molecule has 0 spiro atoms. The average Bonchev–Trinajstić information content (AvgIpc) is 2.80. The third-order valence-corrected chi connectivity index (χ3v) is 5.09. The minimum absolute atomic E-state index is 0.198. The number of aromatic nitrogens is 2. The van der Waals surface area contributed by atoms with Crippen LogP contribution in [0.1, 0.15) is 41.3 Å². The van der Waals surface area contributed by atoms with Gasteiger partial charge in [-0.15, -0.1) is 0 Å². The summed E-state index contributed by atoms with van der Waals surface area (Å²) in [6, 6.07) is 24.6. The number of hydrogen-bond acceptors (Lipinski definition) is 4. The smallest absolute Gasteiger partial charge is 0.255 e. The van der Waals surface area contributed by atoms with Gasteiger partial charge in [0.25, 0.3) is 5.91 Å². The van der Waals surface area contributed by atoms with E-state index in [1.54, 1.807) is 36.5 Å². The fraction of sp³-hybridized carbons (Fsp3) is 0.148. The van der Waals surface area contributed by atoms with Crippen LogP contribution in [0.25, 0.3) is 11.4 Å². The predicted molar refractivity (Wildman–Crippen MR) is 127 cm³/mol. The molecule has 160 valence electrons. The highest BCUT2D eigenvalue weighted by Gasteiger charge is 2.10. The second-order valence-corrected chi connectivity index (χ2v) is 7.95. The molecular weight excluding hydrogens is 398 g/mol. The molecule has 1 N–H and O–H groups in total. The normalized spacial score (nSPS) is 10.8. The van der Waals surface area contributed by atoms with E-state index in [1.807, 2.05) is 55.5 Å². The Morgan fingerprint density at radius 2 is 1.69 bits per heavy atom. The van der Waals surface area contributed by atoms with Gasteiger partial charge in [-0.25, -0.2) is 4.98 Å². The van der Waals surface area contributed by atoms with Crippen LogP contribution in [0.3, 0.4) is 0 Å². The number of carbonyl (C=O) groups excluding carboxylic acids is 1. The third kappa shape index (κ3) is 5.19. The standard InChI is InChI=1S/C27H25N3O2/c1-18(2)20-11-13-23(14-12-20)29-27(31)22-5-4-6-24(17-22)32-25-15-16-28-26(30-25)21-9-7-19(3)8-10-21/h4-18H,1-3H3,(H,29,31). The summed E-state index contributed by atoms with van der Waals surface area (Å²) in [6.07, 6.45) is 1.66. The Morgan fingerprint density at radius 1 is 0.938 bits per heavy atom. The van der Waals surface area contributed by atoms with Crippen LogP contribution in [0.15, 0.2) is 85.1 Å². The first-order valence-corrected chi connectivity index (χ1v) is 10.6. The number of anilines is 1. The molecule has 4 aromatic rings. The third-order valence-electron chi connectivity index (χ3n) is 5.09. The molecule has 1 aromatic heterocycles. The Labute approximate surface area is 188 Å². The molecule has 32 heavy (non-hydrogen) atoms. The lowest BCUT2D eigenvalue weighted by atomic mass is 10.0. The maximum Gasteiger partial charge on any atom is 0.255 e. The molecule has 0 aliphatic carbocycles. The zero-order valence-corrected chi connectivity index (χ0v) is 18.4. The van der Waals surface area contributed by atoms with E-state index in [0.717, 1.165) is 11.3 Å².